The Labute approximate surface area is 147 Å². The van der Waals surface area contributed by atoms with Gasteiger partial charge in [-0.2, -0.15) is 0 Å². The summed E-state index contributed by atoms with van der Waals surface area (Å²) in [5.41, 5.74) is 2.79. The number of amides is 1. The van der Waals surface area contributed by atoms with E-state index in [2.05, 4.69) is 0 Å². The van der Waals surface area contributed by atoms with Crippen molar-refractivity contribution in [2.24, 2.45) is 5.92 Å². The smallest absolute Gasteiger partial charge is 0.316 e. The van der Waals surface area contributed by atoms with E-state index in [-0.39, 0.29) is 18.3 Å². The molecule has 3 rings (SSSR count). The topological polar surface area (TPSA) is 55.8 Å². The van der Waals surface area contributed by atoms with E-state index < -0.39 is 5.92 Å². The third-order valence-electron chi connectivity index (χ3n) is 4.24. The number of esters is 1. The molecule has 1 heterocycles. The Kier molecular flexibility index (Phi) is 4.74. The van der Waals surface area contributed by atoms with E-state index in [1.165, 1.54) is 0 Å². The third-order valence-corrected chi connectivity index (χ3v) is 4.24. The molecule has 1 aliphatic heterocycles. The van der Waals surface area contributed by atoms with E-state index in [1.807, 2.05) is 50.2 Å². The number of hydrogen-bond donors (Lipinski definition) is 0. The van der Waals surface area contributed by atoms with Crippen LogP contribution in [0.1, 0.15) is 17.5 Å². The van der Waals surface area contributed by atoms with Crippen molar-refractivity contribution < 1.29 is 19.1 Å². The number of hydrogen-bond acceptors (Lipinski definition) is 4. The summed E-state index contributed by atoms with van der Waals surface area (Å²) in [4.78, 5) is 26.4. The number of benzene rings is 2. The number of nitrogens with zero attached hydrogens (tertiary/aromatic N) is 1. The lowest BCUT2D eigenvalue weighted by Crippen LogP contribution is -2.27. The van der Waals surface area contributed by atoms with Crippen molar-refractivity contribution in [1.29, 1.82) is 0 Å². The molecule has 25 heavy (non-hydrogen) atoms. The lowest BCUT2D eigenvalue weighted by molar-refractivity contribution is -0.139. The number of carbonyl (C=O) groups excluding carboxylic acids is 2. The highest BCUT2D eigenvalue weighted by Crippen LogP contribution is 2.29. The molecule has 0 radical (unpaired) electrons. The van der Waals surface area contributed by atoms with Gasteiger partial charge in [-0.15, -0.1) is 0 Å². The summed E-state index contributed by atoms with van der Waals surface area (Å²) in [7, 11) is 1.58. The molecule has 5 heteroatoms. The number of aryl methyl sites for hydroxylation is 2. The average molecular weight is 339 g/mol. The van der Waals surface area contributed by atoms with Gasteiger partial charge in [0.25, 0.3) is 0 Å². The number of ether oxygens (including phenoxy) is 2. The van der Waals surface area contributed by atoms with Crippen molar-refractivity contribution in [3.8, 4) is 11.5 Å². The third kappa shape index (κ3) is 3.82. The van der Waals surface area contributed by atoms with Gasteiger partial charge in [-0.25, -0.2) is 0 Å². The van der Waals surface area contributed by atoms with Gasteiger partial charge in [0.2, 0.25) is 5.91 Å². The van der Waals surface area contributed by atoms with Crippen LogP contribution < -0.4 is 14.4 Å². The first-order valence-corrected chi connectivity index (χ1v) is 8.20. The summed E-state index contributed by atoms with van der Waals surface area (Å²) >= 11 is 0. The summed E-state index contributed by atoms with van der Waals surface area (Å²) in [5.74, 6) is 0.264. The quantitative estimate of drug-likeness (QED) is 0.634. The largest absolute Gasteiger partial charge is 0.497 e. The monoisotopic (exact) mass is 339 g/mol. The minimum atomic E-state index is -0.473. The summed E-state index contributed by atoms with van der Waals surface area (Å²) in [6, 6.07) is 12.9. The van der Waals surface area contributed by atoms with Crippen LogP contribution in [0.15, 0.2) is 42.5 Å². The van der Waals surface area contributed by atoms with Gasteiger partial charge < -0.3 is 14.4 Å². The maximum atomic E-state index is 12.5. The van der Waals surface area contributed by atoms with E-state index in [0.717, 1.165) is 16.8 Å². The molecule has 0 aromatic heterocycles. The second-order valence-electron chi connectivity index (χ2n) is 6.35. The van der Waals surface area contributed by atoms with Crippen LogP contribution in [-0.2, 0) is 9.59 Å². The molecular formula is C20H21NO4. The van der Waals surface area contributed by atoms with Gasteiger partial charge in [-0.05, 0) is 49.2 Å². The second kappa shape index (κ2) is 6.97. The minimum Gasteiger partial charge on any atom is -0.497 e. The fourth-order valence-corrected chi connectivity index (χ4v) is 3.08. The molecule has 1 aliphatic rings. The fraction of sp³-hybridized carbons (Fsp3) is 0.300. The Bertz CT molecular complexity index is 795. The lowest BCUT2D eigenvalue weighted by atomic mass is 10.1. The number of rotatable bonds is 4. The van der Waals surface area contributed by atoms with E-state index in [0.29, 0.717) is 18.0 Å². The van der Waals surface area contributed by atoms with Gasteiger partial charge in [0.15, 0.2) is 0 Å². The van der Waals surface area contributed by atoms with Crippen molar-refractivity contribution in [3.63, 3.8) is 0 Å². The van der Waals surface area contributed by atoms with E-state index in [1.54, 1.807) is 18.1 Å². The molecule has 2 aromatic rings. The molecule has 0 aliphatic carbocycles. The van der Waals surface area contributed by atoms with Gasteiger partial charge >= 0.3 is 5.97 Å². The first kappa shape index (κ1) is 17.0. The average Bonchev–Trinajstić information content (AvgIpc) is 2.96. The van der Waals surface area contributed by atoms with Crippen molar-refractivity contribution in [2.45, 2.75) is 20.3 Å². The molecule has 0 unspecified atom stereocenters. The first-order valence-electron chi connectivity index (χ1n) is 8.20. The summed E-state index contributed by atoms with van der Waals surface area (Å²) < 4.78 is 10.7. The lowest BCUT2D eigenvalue weighted by Gasteiger charge is -2.17. The second-order valence-corrected chi connectivity index (χ2v) is 6.35. The molecule has 0 saturated carbocycles. The summed E-state index contributed by atoms with van der Waals surface area (Å²) in [5, 5.41) is 0. The van der Waals surface area contributed by atoms with Crippen LogP contribution in [0.4, 0.5) is 5.69 Å². The highest BCUT2D eigenvalue weighted by atomic mass is 16.5. The number of carbonyl (C=O) groups is 2. The van der Waals surface area contributed by atoms with Gasteiger partial charge in [-0.3, -0.25) is 9.59 Å². The number of methoxy groups -OCH3 is 1. The van der Waals surface area contributed by atoms with Gasteiger partial charge in [0.05, 0.1) is 13.0 Å². The van der Waals surface area contributed by atoms with Gasteiger partial charge in [0, 0.05) is 24.7 Å². The van der Waals surface area contributed by atoms with Crippen LogP contribution in [0.5, 0.6) is 11.5 Å². The van der Waals surface area contributed by atoms with Crippen LogP contribution in [0, 0.1) is 19.8 Å². The van der Waals surface area contributed by atoms with Crippen LogP contribution in [0.2, 0.25) is 0 Å². The normalized spacial score (nSPS) is 16.8. The molecule has 130 valence electrons. The molecule has 2 aromatic carbocycles. The van der Waals surface area contributed by atoms with Crippen molar-refractivity contribution in [3.05, 3.63) is 53.6 Å². The molecular weight excluding hydrogens is 318 g/mol. The predicted octanol–water partition coefficient (Wildman–Crippen LogP) is 3.27. The maximum Gasteiger partial charge on any atom is 0.316 e. The Hall–Kier alpha value is -2.82. The Morgan fingerprint density at radius 2 is 1.80 bits per heavy atom. The van der Waals surface area contributed by atoms with Crippen LogP contribution >= 0.6 is 0 Å². The van der Waals surface area contributed by atoms with E-state index in [4.69, 9.17) is 9.47 Å². The molecule has 1 saturated heterocycles. The zero-order chi connectivity index (χ0) is 18.0. The molecule has 0 spiro atoms. The van der Waals surface area contributed by atoms with E-state index >= 15 is 0 Å². The van der Waals surface area contributed by atoms with Crippen LogP contribution in [-0.4, -0.2) is 25.5 Å². The van der Waals surface area contributed by atoms with E-state index in [9.17, 15) is 9.59 Å². The van der Waals surface area contributed by atoms with Crippen LogP contribution in [0.25, 0.3) is 0 Å². The van der Waals surface area contributed by atoms with Crippen molar-refractivity contribution >= 4 is 17.6 Å². The molecule has 5 nitrogen and oxygen atoms in total. The zero-order valence-corrected chi connectivity index (χ0v) is 14.6. The van der Waals surface area contributed by atoms with Crippen LogP contribution in [0.3, 0.4) is 0 Å². The molecule has 1 amide bonds. The fourth-order valence-electron chi connectivity index (χ4n) is 3.08. The SMILES string of the molecule is COc1cccc(N2C[C@H](C(=O)Oc3cc(C)cc(C)c3)CC2=O)c1. The van der Waals surface area contributed by atoms with Gasteiger partial charge in [0.1, 0.15) is 11.5 Å². The molecule has 1 fully saturated rings. The van der Waals surface area contributed by atoms with Gasteiger partial charge in [-0.1, -0.05) is 12.1 Å². The predicted molar refractivity (Wildman–Crippen MR) is 95.0 cm³/mol. The van der Waals surface area contributed by atoms with Crippen molar-refractivity contribution in [2.75, 3.05) is 18.6 Å². The highest BCUT2D eigenvalue weighted by molar-refractivity contribution is 5.99. The number of anilines is 1. The van der Waals surface area contributed by atoms with Crippen molar-refractivity contribution in [1.82, 2.24) is 0 Å². The molecule has 1 atom stereocenters. The Morgan fingerprint density at radius 3 is 2.48 bits per heavy atom. The summed E-state index contributed by atoms with van der Waals surface area (Å²) in [6.07, 6.45) is 0.154. The standard InChI is InChI=1S/C20H21NO4/c1-13-7-14(2)9-18(8-13)25-20(23)15-10-19(22)21(12-15)16-5-4-6-17(11-16)24-3/h4-9,11,15H,10,12H2,1-3H3/t15-/m1/s1. The summed E-state index contributed by atoms with van der Waals surface area (Å²) in [6.45, 7) is 4.22. The molecule has 0 N–H and O–H groups in total. The Morgan fingerprint density at radius 1 is 1.08 bits per heavy atom. The first-order chi connectivity index (χ1) is 12.0. The highest BCUT2D eigenvalue weighted by Gasteiger charge is 2.36. The molecule has 0 bridgehead atoms. The zero-order valence-electron chi connectivity index (χ0n) is 14.6. The maximum absolute atomic E-state index is 12.5. The Balaban J connectivity index is 1.72. The minimum absolute atomic E-state index is 0.0874.